The number of benzene rings is 2. The van der Waals surface area contributed by atoms with E-state index in [4.69, 9.17) is 14.0 Å². The summed E-state index contributed by atoms with van der Waals surface area (Å²) in [5.41, 5.74) is 2.04. The molecule has 8 nitrogen and oxygen atoms in total. The van der Waals surface area contributed by atoms with Gasteiger partial charge in [0.15, 0.2) is 11.5 Å². The Labute approximate surface area is 182 Å². The van der Waals surface area contributed by atoms with Gasteiger partial charge in [-0.05, 0) is 23.1 Å². The SMILES string of the molecule is COc1ccc(S(=O)(=O)N(C)Cc2nc(-c3ccc(C(C)(C)C)cc3)no2)cc1OC. The van der Waals surface area contributed by atoms with Crippen LogP contribution in [-0.4, -0.2) is 44.1 Å². The fourth-order valence-corrected chi connectivity index (χ4v) is 4.12. The Balaban J connectivity index is 1.78. The Bertz CT molecular complexity index is 1150. The molecule has 3 aromatic rings. The first-order valence-electron chi connectivity index (χ1n) is 9.68. The summed E-state index contributed by atoms with van der Waals surface area (Å²) in [7, 11) is 0.589. The van der Waals surface area contributed by atoms with E-state index < -0.39 is 10.0 Å². The molecule has 9 heteroatoms. The van der Waals surface area contributed by atoms with Crippen molar-refractivity contribution in [3.8, 4) is 22.9 Å². The normalized spacial score (nSPS) is 12.2. The zero-order valence-corrected chi connectivity index (χ0v) is 19.4. The number of aromatic nitrogens is 2. The third-order valence-corrected chi connectivity index (χ3v) is 6.70. The van der Waals surface area contributed by atoms with E-state index in [2.05, 4.69) is 30.9 Å². The molecular weight excluding hydrogens is 418 g/mol. The first-order valence-corrected chi connectivity index (χ1v) is 11.1. The molecule has 0 N–H and O–H groups in total. The van der Waals surface area contributed by atoms with Gasteiger partial charge in [0.2, 0.25) is 21.7 Å². The lowest BCUT2D eigenvalue weighted by atomic mass is 9.87. The fraction of sp³-hybridized carbons (Fsp3) is 0.364. The topological polar surface area (TPSA) is 94.8 Å². The number of nitrogens with zero attached hydrogens (tertiary/aromatic N) is 3. The van der Waals surface area contributed by atoms with Crippen molar-refractivity contribution >= 4 is 10.0 Å². The van der Waals surface area contributed by atoms with Gasteiger partial charge in [-0.15, -0.1) is 0 Å². The lowest BCUT2D eigenvalue weighted by Gasteiger charge is -2.18. The van der Waals surface area contributed by atoms with Crippen LogP contribution in [0.2, 0.25) is 0 Å². The molecule has 166 valence electrons. The van der Waals surface area contributed by atoms with Crippen molar-refractivity contribution < 1.29 is 22.4 Å². The Hall–Kier alpha value is -2.91. The van der Waals surface area contributed by atoms with Crippen LogP contribution in [0.15, 0.2) is 51.9 Å². The van der Waals surface area contributed by atoms with E-state index in [1.54, 1.807) is 6.07 Å². The molecule has 0 radical (unpaired) electrons. The predicted molar refractivity (Wildman–Crippen MR) is 117 cm³/mol. The minimum atomic E-state index is -3.80. The van der Waals surface area contributed by atoms with Crippen molar-refractivity contribution in [2.45, 2.75) is 37.6 Å². The van der Waals surface area contributed by atoms with Crippen molar-refractivity contribution in [2.75, 3.05) is 21.3 Å². The molecule has 0 saturated carbocycles. The summed E-state index contributed by atoms with van der Waals surface area (Å²) in [6.07, 6.45) is 0. The molecule has 0 spiro atoms. The highest BCUT2D eigenvalue weighted by atomic mass is 32.2. The lowest BCUT2D eigenvalue weighted by molar-refractivity contribution is 0.336. The molecule has 0 atom stereocenters. The van der Waals surface area contributed by atoms with E-state index >= 15 is 0 Å². The average Bonchev–Trinajstić information content (AvgIpc) is 3.21. The van der Waals surface area contributed by atoms with Gasteiger partial charge in [-0.2, -0.15) is 9.29 Å². The minimum Gasteiger partial charge on any atom is -0.493 e. The van der Waals surface area contributed by atoms with E-state index in [1.165, 1.54) is 39.0 Å². The van der Waals surface area contributed by atoms with Gasteiger partial charge in [0, 0.05) is 18.7 Å². The first kappa shape index (κ1) is 22.8. The van der Waals surface area contributed by atoms with Crippen molar-refractivity contribution in [1.82, 2.24) is 14.4 Å². The number of methoxy groups -OCH3 is 2. The van der Waals surface area contributed by atoms with Gasteiger partial charge in [0.05, 0.1) is 25.7 Å². The highest BCUT2D eigenvalue weighted by molar-refractivity contribution is 7.89. The Kier molecular flexibility index (Phi) is 6.38. The third kappa shape index (κ3) is 4.88. The van der Waals surface area contributed by atoms with Crippen LogP contribution in [0.4, 0.5) is 0 Å². The van der Waals surface area contributed by atoms with Gasteiger partial charge in [-0.25, -0.2) is 8.42 Å². The van der Waals surface area contributed by atoms with Gasteiger partial charge >= 0.3 is 0 Å². The Morgan fingerprint density at radius 3 is 2.23 bits per heavy atom. The summed E-state index contributed by atoms with van der Waals surface area (Å²) in [5.74, 6) is 1.38. The summed E-state index contributed by atoms with van der Waals surface area (Å²) in [6, 6.07) is 12.3. The standard InChI is InChI=1S/C22H27N3O5S/c1-22(2,3)16-9-7-15(8-10-16)21-23-20(30-24-21)14-25(4)31(26,27)17-11-12-18(28-5)19(13-17)29-6/h7-13H,14H2,1-6H3. The van der Waals surface area contributed by atoms with Crippen LogP contribution in [0.3, 0.4) is 0 Å². The van der Waals surface area contributed by atoms with Crippen LogP contribution in [0, 0.1) is 0 Å². The van der Waals surface area contributed by atoms with E-state index in [-0.39, 0.29) is 22.7 Å². The molecule has 3 rings (SSSR count). The van der Waals surface area contributed by atoms with E-state index in [0.717, 1.165) is 9.87 Å². The maximum Gasteiger partial charge on any atom is 0.243 e. The second kappa shape index (κ2) is 8.68. The molecule has 31 heavy (non-hydrogen) atoms. The molecule has 0 aliphatic rings. The Morgan fingerprint density at radius 2 is 1.65 bits per heavy atom. The average molecular weight is 446 g/mol. The molecular formula is C22H27N3O5S. The van der Waals surface area contributed by atoms with Crippen molar-refractivity contribution in [3.05, 3.63) is 53.9 Å². The molecule has 0 unspecified atom stereocenters. The maximum absolute atomic E-state index is 13.0. The number of rotatable bonds is 7. The zero-order valence-electron chi connectivity index (χ0n) is 18.5. The number of hydrogen-bond acceptors (Lipinski definition) is 7. The maximum atomic E-state index is 13.0. The van der Waals surface area contributed by atoms with Crippen molar-refractivity contribution in [2.24, 2.45) is 0 Å². The Morgan fingerprint density at radius 1 is 1.00 bits per heavy atom. The second-order valence-electron chi connectivity index (χ2n) is 8.12. The smallest absolute Gasteiger partial charge is 0.243 e. The van der Waals surface area contributed by atoms with Gasteiger partial charge in [0.25, 0.3) is 0 Å². The molecule has 0 fully saturated rings. The van der Waals surface area contributed by atoms with E-state index in [0.29, 0.717) is 17.3 Å². The number of sulfonamides is 1. The molecule has 0 amide bonds. The molecule has 0 bridgehead atoms. The zero-order chi connectivity index (χ0) is 22.8. The summed E-state index contributed by atoms with van der Waals surface area (Å²) in [4.78, 5) is 4.43. The van der Waals surface area contributed by atoms with Crippen molar-refractivity contribution in [1.29, 1.82) is 0 Å². The summed E-state index contributed by atoms with van der Waals surface area (Å²) < 4.78 is 42.7. The number of hydrogen-bond donors (Lipinski definition) is 0. The summed E-state index contributed by atoms with van der Waals surface area (Å²) in [5, 5.41) is 3.99. The lowest BCUT2D eigenvalue weighted by Crippen LogP contribution is -2.26. The highest BCUT2D eigenvalue weighted by Crippen LogP contribution is 2.31. The fourth-order valence-electron chi connectivity index (χ4n) is 2.99. The van der Waals surface area contributed by atoms with Crippen LogP contribution in [0.1, 0.15) is 32.2 Å². The second-order valence-corrected chi connectivity index (χ2v) is 10.2. The van der Waals surface area contributed by atoms with Crippen LogP contribution in [0.5, 0.6) is 11.5 Å². The quantitative estimate of drug-likeness (QED) is 0.545. The van der Waals surface area contributed by atoms with Crippen LogP contribution >= 0.6 is 0 Å². The number of ether oxygens (including phenoxy) is 2. The monoisotopic (exact) mass is 445 g/mol. The largest absolute Gasteiger partial charge is 0.493 e. The van der Waals surface area contributed by atoms with Crippen LogP contribution < -0.4 is 9.47 Å². The predicted octanol–water partition coefficient (Wildman–Crippen LogP) is 3.87. The van der Waals surface area contributed by atoms with Gasteiger partial charge < -0.3 is 14.0 Å². The summed E-state index contributed by atoms with van der Waals surface area (Å²) in [6.45, 7) is 6.36. The van der Waals surface area contributed by atoms with Gasteiger partial charge in [0.1, 0.15) is 0 Å². The van der Waals surface area contributed by atoms with Gasteiger partial charge in [-0.3, -0.25) is 0 Å². The summed E-state index contributed by atoms with van der Waals surface area (Å²) >= 11 is 0. The molecule has 0 aliphatic carbocycles. The van der Waals surface area contributed by atoms with Crippen LogP contribution in [-0.2, 0) is 22.0 Å². The van der Waals surface area contributed by atoms with Gasteiger partial charge in [-0.1, -0.05) is 50.2 Å². The van der Waals surface area contributed by atoms with E-state index in [1.807, 2.05) is 24.3 Å². The van der Waals surface area contributed by atoms with Crippen LogP contribution in [0.25, 0.3) is 11.4 Å². The molecule has 0 aliphatic heterocycles. The first-order chi connectivity index (χ1) is 14.6. The van der Waals surface area contributed by atoms with Crippen molar-refractivity contribution in [3.63, 3.8) is 0 Å². The molecule has 0 saturated heterocycles. The molecule has 1 aromatic heterocycles. The molecule has 2 aromatic carbocycles. The van der Waals surface area contributed by atoms with E-state index in [9.17, 15) is 8.42 Å². The third-order valence-electron chi connectivity index (χ3n) is 4.90. The highest BCUT2D eigenvalue weighted by Gasteiger charge is 2.25. The minimum absolute atomic E-state index is 0.0438. The molecule has 1 heterocycles.